The van der Waals surface area contributed by atoms with Crippen molar-refractivity contribution in [2.45, 2.75) is 20.8 Å². The Morgan fingerprint density at radius 3 is 2.74 bits per heavy atom. The summed E-state index contributed by atoms with van der Waals surface area (Å²) < 4.78 is 16.0. The molecular weight excluding hydrogens is 418 g/mol. The fourth-order valence-electron chi connectivity index (χ4n) is 2.98. The van der Waals surface area contributed by atoms with Crippen molar-refractivity contribution in [1.82, 2.24) is 9.97 Å². The van der Waals surface area contributed by atoms with Gasteiger partial charge < -0.3 is 19.2 Å². The smallest absolute Gasteiger partial charge is 0.344 e. The van der Waals surface area contributed by atoms with Crippen LogP contribution in [-0.4, -0.2) is 35.8 Å². The monoisotopic (exact) mass is 439 g/mol. The lowest BCUT2D eigenvalue weighted by atomic mass is 10.1. The number of aromatic nitrogens is 2. The molecule has 1 aromatic heterocycles. The second kappa shape index (κ2) is 10.0. The maximum atomic E-state index is 11.6. The zero-order chi connectivity index (χ0) is 22.4. The Morgan fingerprint density at radius 2 is 2.03 bits per heavy atom. The number of carbonyl (C=O) groups is 1. The van der Waals surface area contributed by atoms with Gasteiger partial charge in [-0.3, -0.25) is 0 Å². The van der Waals surface area contributed by atoms with Gasteiger partial charge in [0.25, 0.3) is 0 Å². The molecule has 0 aliphatic carbocycles. The molecule has 0 fully saturated rings. The molecule has 0 atom stereocenters. The average molecular weight is 440 g/mol. The molecule has 1 N–H and O–H groups in total. The summed E-state index contributed by atoms with van der Waals surface area (Å²) in [5, 5.41) is 9.94. The Bertz CT molecular complexity index is 1180. The first-order valence-corrected chi connectivity index (χ1v) is 10.2. The third-order valence-corrected chi connectivity index (χ3v) is 4.58. The SMILES string of the molecule is CCOC(=O)COc1c(Cl)cc(/C=C(\C#N)c2nc3ccc(C)cc3[nH]2)cc1OCC. The van der Waals surface area contributed by atoms with Gasteiger partial charge >= 0.3 is 5.97 Å². The Labute approximate surface area is 185 Å². The first-order chi connectivity index (χ1) is 14.9. The van der Waals surface area contributed by atoms with Crippen molar-refractivity contribution < 1.29 is 19.0 Å². The lowest BCUT2D eigenvalue weighted by Gasteiger charge is -2.14. The van der Waals surface area contributed by atoms with Crippen molar-refractivity contribution >= 4 is 40.3 Å². The quantitative estimate of drug-likeness (QED) is 0.394. The minimum Gasteiger partial charge on any atom is -0.490 e. The number of halogens is 1. The van der Waals surface area contributed by atoms with Crippen LogP contribution in [0.25, 0.3) is 22.7 Å². The summed E-state index contributed by atoms with van der Waals surface area (Å²) in [6.45, 7) is 5.87. The van der Waals surface area contributed by atoms with Crippen LogP contribution in [0.5, 0.6) is 11.5 Å². The number of aryl methyl sites for hydroxylation is 1. The summed E-state index contributed by atoms with van der Waals surface area (Å²) in [6, 6.07) is 11.3. The Balaban J connectivity index is 1.95. The third-order valence-electron chi connectivity index (χ3n) is 4.30. The molecule has 7 nitrogen and oxygen atoms in total. The molecule has 0 bridgehead atoms. The second-order valence-electron chi connectivity index (χ2n) is 6.63. The number of imidazole rings is 1. The van der Waals surface area contributed by atoms with E-state index in [-0.39, 0.29) is 24.0 Å². The van der Waals surface area contributed by atoms with Gasteiger partial charge in [0.05, 0.1) is 34.8 Å². The summed E-state index contributed by atoms with van der Waals surface area (Å²) in [7, 11) is 0. The number of fused-ring (bicyclic) bond motifs is 1. The predicted molar refractivity (Wildman–Crippen MR) is 119 cm³/mol. The Kier molecular flexibility index (Phi) is 7.16. The maximum absolute atomic E-state index is 11.6. The van der Waals surface area contributed by atoms with Gasteiger partial charge in [0.2, 0.25) is 0 Å². The molecule has 3 rings (SSSR count). The van der Waals surface area contributed by atoms with E-state index in [1.165, 1.54) is 0 Å². The summed E-state index contributed by atoms with van der Waals surface area (Å²) in [4.78, 5) is 19.3. The Hall–Kier alpha value is -3.50. The van der Waals surface area contributed by atoms with Gasteiger partial charge in [-0.05, 0) is 62.2 Å². The van der Waals surface area contributed by atoms with E-state index < -0.39 is 5.97 Å². The van der Waals surface area contributed by atoms with Crippen LogP contribution in [0.1, 0.15) is 30.8 Å². The number of hydrogen-bond acceptors (Lipinski definition) is 6. The number of benzene rings is 2. The molecular formula is C23H22ClN3O4. The summed E-state index contributed by atoms with van der Waals surface area (Å²) >= 11 is 6.39. The molecule has 0 aliphatic rings. The lowest BCUT2D eigenvalue weighted by molar-refractivity contribution is -0.145. The van der Waals surface area contributed by atoms with Crippen molar-refractivity contribution in [3.8, 4) is 17.6 Å². The Morgan fingerprint density at radius 1 is 1.23 bits per heavy atom. The molecule has 2 aromatic carbocycles. The number of hydrogen-bond donors (Lipinski definition) is 1. The maximum Gasteiger partial charge on any atom is 0.344 e. The van der Waals surface area contributed by atoms with E-state index in [1.807, 2.05) is 32.0 Å². The number of carbonyl (C=O) groups excluding carboxylic acids is 1. The molecule has 0 spiro atoms. The molecule has 1 heterocycles. The van der Waals surface area contributed by atoms with E-state index in [0.717, 1.165) is 16.6 Å². The molecule has 0 amide bonds. The molecule has 0 saturated carbocycles. The first-order valence-electron chi connectivity index (χ1n) is 9.78. The van der Waals surface area contributed by atoms with Crippen LogP contribution < -0.4 is 9.47 Å². The van der Waals surface area contributed by atoms with Crippen LogP contribution in [0.4, 0.5) is 0 Å². The highest BCUT2D eigenvalue weighted by atomic mass is 35.5. The largest absolute Gasteiger partial charge is 0.490 e. The topological polar surface area (TPSA) is 97.2 Å². The van der Waals surface area contributed by atoms with Gasteiger partial charge in [0.15, 0.2) is 18.1 Å². The molecule has 0 saturated heterocycles. The third kappa shape index (κ3) is 5.36. The van der Waals surface area contributed by atoms with Crippen LogP contribution >= 0.6 is 11.6 Å². The van der Waals surface area contributed by atoms with Gasteiger partial charge in [-0.1, -0.05) is 17.7 Å². The van der Waals surface area contributed by atoms with E-state index in [1.54, 1.807) is 25.1 Å². The fourth-order valence-corrected chi connectivity index (χ4v) is 3.25. The molecule has 160 valence electrons. The van der Waals surface area contributed by atoms with Gasteiger partial charge in [0, 0.05) is 0 Å². The van der Waals surface area contributed by atoms with Crippen LogP contribution in [0.2, 0.25) is 5.02 Å². The highest BCUT2D eigenvalue weighted by molar-refractivity contribution is 6.32. The minimum absolute atomic E-state index is 0.242. The van der Waals surface area contributed by atoms with Crippen LogP contribution in [0, 0.1) is 18.3 Å². The fraction of sp³-hybridized carbons (Fsp3) is 0.261. The lowest BCUT2D eigenvalue weighted by Crippen LogP contribution is -2.15. The number of rotatable bonds is 8. The number of nitrogens with one attached hydrogen (secondary N) is 1. The van der Waals surface area contributed by atoms with Gasteiger partial charge in [-0.15, -0.1) is 0 Å². The number of aromatic amines is 1. The number of H-pyrrole nitrogens is 1. The van der Waals surface area contributed by atoms with Crippen molar-refractivity contribution in [2.75, 3.05) is 19.8 Å². The van der Waals surface area contributed by atoms with Crippen LogP contribution in [-0.2, 0) is 9.53 Å². The highest BCUT2D eigenvalue weighted by Crippen LogP contribution is 2.37. The van der Waals surface area contributed by atoms with Crippen molar-refractivity contribution in [3.05, 3.63) is 52.3 Å². The number of allylic oxidation sites excluding steroid dienone is 1. The highest BCUT2D eigenvalue weighted by Gasteiger charge is 2.15. The average Bonchev–Trinajstić information content (AvgIpc) is 3.14. The molecule has 0 aliphatic heterocycles. The molecule has 0 unspecified atom stereocenters. The van der Waals surface area contributed by atoms with E-state index in [4.69, 9.17) is 25.8 Å². The standard InChI is InChI=1S/C23H22ClN3O4/c1-4-29-20-11-15(10-17(24)22(20)31-13-21(28)30-5-2)9-16(12-25)23-26-18-7-6-14(3)8-19(18)27-23/h6-11H,4-5,13H2,1-3H3,(H,26,27)/b16-9+. The number of nitrogens with zero attached hydrogens (tertiary/aromatic N) is 2. The van der Waals surface area contributed by atoms with Crippen LogP contribution in [0.15, 0.2) is 30.3 Å². The molecule has 3 aromatic rings. The van der Waals surface area contributed by atoms with E-state index in [2.05, 4.69) is 16.0 Å². The second-order valence-corrected chi connectivity index (χ2v) is 7.04. The van der Waals surface area contributed by atoms with E-state index >= 15 is 0 Å². The zero-order valence-electron chi connectivity index (χ0n) is 17.5. The number of esters is 1. The van der Waals surface area contributed by atoms with Gasteiger partial charge in [0.1, 0.15) is 11.9 Å². The van der Waals surface area contributed by atoms with Gasteiger partial charge in [-0.25, -0.2) is 9.78 Å². The zero-order valence-corrected chi connectivity index (χ0v) is 18.2. The predicted octanol–water partition coefficient (Wildman–Crippen LogP) is 4.93. The number of ether oxygens (including phenoxy) is 3. The van der Waals surface area contributed by atoms with Crippen molar-refractivity contribution in [2.24, 2.45) is 0 Å². The van der Waals surface area contributed by atoms with Gasteiger partial charge in [-0.2, -0.15) is 5.26 Å². The van der Waals surface area contributed by atoms with Crippen molar-refractivity contribution in [3.63, 3.8) is 0 Å². The molecule has 31 heavy (non-hydrogen) atoms. The normalized spacial score (nSPS) is 11.3. The first kappa shape index (κ1) is 22.2. The minimum atomic E-state index is -0.503. The molecule has 8 heteroatoms. The number of nitriles is 1. The molecule has 0 radical (unpaired) electrons. The summed E-state index contributed by atoms with van der Waals surface area (Å²) in [5.41, 5.74) is 3.69. The summed E-state index contributed by atoms with van der Waals surface area (Å²) in [6.07, 6.45) is 1.66. The summed E-state index contributed by atoms with van der Waals surface area (Å²) in [5.74, 6) is 0.561. The van der Waals surface area contributed by atoms with E-state index in [0.29, 0.717) is 29.3 Å². The van der Waals surface area contributed by atoms with Crippen LogP contribution in [0.3, 0.4) is 0 Å². The van der Waals surface area contributed by atoms with E-state index in [9.17, 15) is 10.1 Å². The van der Waals surface area contributed by atoms with Crippen molar-refractivity contribution in [1.29, 1.82) is 5.26 Å².